The van der Waals surface area contributed by atoms with Crippen molar-refractivity contribution in [3.8, 4) is 0 Å². The van der Waals surface area contributed by atoms with Gasteiger partial charge in [-0.2, -0.15) is 0 Å². The summed E-state index contributed by atoms with van der Waals surface area (Å²) in [5.41, 5.74) is 1.31. The molecule has 5 heteroatoms. The summed E-state index contributed by atoms with van der Waals surface area (Å²) < 4.78 is 27.6. The first-order valence-electron chi connectivity index (χ1n) is 6.39. The highest BCUT2D eigenvalue weighted by atomic mass is 79.9. The van der Waals surface area contributed by atoms with Crippen LogP contribution in [0.3, 0.4) is 0 Å². The van der Waals surface area contributed by atoms with Crippen LogP contribution in [0.25, 0.3) is 0 Å². The van der Waals surface area contributed by atoms with Crippen LogP contribution in [0.1, 0.15) is 24.2 Å². The molecule has 2 aromatic rings. The minimum Gasteiger partial charge on any atom is -0.309 e. The number of hydrogen-bond donors (Lipinski definition) is 1. The molecule has 20 heavy (non-hydrogen) atoms. The molecule has 0 aliphatic carbocycles. The summed E-state index contributed by atoms with van der Waals surface area (Å²) in [7, 11) is 0. The first-order valence-corrected chi connectivity index (χ1v) is 7.18. The maximum absolute atomic E-state index is 13.7. The molecular weight excluding hydrogens is 326 g/mol. The number of benzene rings is 1. The predicted molar refractivity (Wildman–Crippen MR) is 78.4 cm³/mol. The van der Waals surface area contributed by atoms with E-state index in [1.165, 1.54) is 12.1 Å². The van der Waals surface area contributed by atoms with Crippen molar-refractivity contribution in [2.45, 2.75) is 19.4 Å². The van der Waals surface area contributed by atoms with Gasteiger partial charge in [0.2, 0.25) is 0 Å². The molecule has 0 amide bonds. The molecule has 1 unspecified atom stereocenters. The van der Waals surface area contributed by atoms with Gasteiger partial charge in [0, 0.05) is 16.7 Å². The number of likely N-dealkylation sites (N-methyl/N-ethyl adjacent to an activating group) is 1. The Hall–Kier alpha value is -1.33. The molecule has 0 saturated heterocycles. The zero-order chi connectivity index (χ0) is 14.5. The third-order valence-electron chi connectivity index (χ3n) is 3.00. The highest BCUT2D eigenvalue weighted by Gasteiger charge is 2.15. The summed E-state index contributed by atoms with van der Waals surface area (Å²) >= 11 is 3.34. The third-order valence-corrected chi connectivity index (χ3v) is 3.47. The Morgan fingerprint density at radius 3 is 2.65 bits per heavy atom. The van der Waals surface area contributed by atoms with Crippen LogP contribution in [0.4, 0.5) is 8.78 Å². The minimum absolute atomic E-state index is 0.104. The van der Waals surface area contributed by atoms with E-state index in [1.54, 1.807) is 6.20 Å². The Labute approximate surface area is 125 Å². The molecule has 0 spiro atoms. The van der Waals surface area contributed by atoms with E-state index < -0.39 is 11.6 Å². The van der Waals surface area contributed by atoms with Crippen LogP contribution in [0.5, 0.6) is 0 Å². The van der Waals surface area contributed by atoms with Crippen molar-refractivity contribution >= 4 is 15.9 Å². The topological polar surface area (TPSA) is 24.9 Å². The van der Waals surface area contributed by atoms with Gasteiger partial charge in [-0.25, -0.2) is 8.78 Å². The summed E-state index contributed by atoms with van der Waals surface area (Å²) in [5.74, 6) is -1.09. The average Bonchev–Trinajstić information content (AvgIpc) is 2.42. The van der Waals surface area contributed by atoms with Crippen molar-refractivity contribution in [1.82, 2.24) is 10.3 Å². The summed E-state index contributed by atoms with van der Waals surface area (Å²) in [6, 6.07) is 7.34. The van der Waals surface area contributed by atoms with Gasteiger partial charge in [0.15, 0.2) is 0 Å². The van der Waals surface area contributed by atoms with Crippen LogP contribution >= 0.6 is 15.9 Å². The summed E-state index contributed by atoms with van der Waals surface area (Å²) in [4.78, 5) is 4.33. The molecule has 0 aliphatic rings. The first kappa shape index (κ1) is 15.1. The van der Waals surface area contributed by atoms with Gasteiger partial charge in [-0.1, -0.05) is 13.0 Å². The Kier molecular flexibility index (Phi) is 5.20. The molecule has 2 rings (SSSR count). The molecule has 106 valence electrons. The van der Waals surface area contributed by atoms with E-state index in [4.69, 9.17) is 0 Å². The van der Waals surface area contributed by atoms with E-state index in [1.807, 2.05) is 19.1 Å². The van der Waals surface area contributed by atoms with E-state index in [2.05, 4.69) is 26.2 Å². The molecule has 0 fully saturated rings. The lowest BCUT2D eigenvalue weighted by Crippen LogP contribution is -2.24. The summed E-state index contributed by atoms with van der Waals surface area (Å²) in [5, 5.41) is 3.27. The van der Waals surface area contributed by atoms with Gasteiger partial charge in [-0.15, -0.1) is 0 Å². The van der Waals surface area contributed by atoms with Crippen molar-refractivity contribution < 1.29 is 8.78 Å². The van der Waals surface area contributed by atoms with Crippen LogP contribution in [-0.4, -0.2) is 11.5 Å². The molecule has 1 heterocycles. The lowest BCUT2D eigenvalue weighted by atomic mass is 10.0. The van der Waals surface area contributed by atoms with Gasteiger partial charge in [0.05, 0.1) is 11.7 Å². The van der Waals surface area contributed by atoms with Gasteiger partial charge in [0.1, 0.15) is 11.6 Å². The van der Waals surface area contributed by atoms with E-state index in [0.29, 0.717) is 12.0 Å². The fraction of sp³-hybridized carbons (Fsp3) is 0.267. The zero-order valence-corrected chi connectivity index (χ0v) is 12.6. The Morgan fingerprint density at radius 1 is 1.25 bits per heavy atom. The number of nitrogens with zero attached hydrogens (tertiary/aromatic N) is 1. The maximum Gasteiger partial charge on any atom is 0.129 e. The Balaban J connectivity index is 2.22. The Morgan fingerprint density at radius 2 is 2.05 bits per heavy atom. The highest BCUT2D eigenvalue weighted by molar-refractivity contribution is 9.10. The zero-order valence-electron chi connectivity index (χ0n) is 11.0. The second-order valence-electron chi connectivity index (χ2n) is 4.45. The van der Waals surface area contributed by atoms with Crippen LogP contribution < -0.4 is 5.32 Å². The van der Waals surface area contributed by atoms with Gasteiger partial charge < -0.3 is 5.32 Å². The largest absolute Gasteiger partial charge is 0.309 e. The van der Waals surface area contributed by atoms with Crippen molar-refractivity contribution in [2.24, 2.45) is 0 Å². The van der Waals surface area contributed by atoms with Crippen molar-refractivity contribution in [1.29, 1.82) is 0 Å². The van der Waals surface area contributed by atoms with Crippen molar-refractivity contribution in [2.75, 3.05) is 6.54 Å². The van der Waals surface area contributed by atoms with Crippen molar-refractivity contribution in [3.05, 3.63) is 63.9 Å². The van der Waals surface area contributed by atoms with Crippen molar-refractivity contribution in [3.63, 3.8) is 0 Å². The second-order valence-corrected chi connectivity index (χ2v) is 5.37. The standard InChI is InChI=1S/C15H15BrF2N2/c1-2-19-15(14-6-4-11(16)9-20-14)7-10-3-5-12(17)8-13(10)18/h3-6,8-9,15,19H,2,7H2,1H3. The number of pyridine rings is 1. The SMILES string of the molecule is CCNC(Cc1ccc(F)cc1F)c1ccc(Br)cn1. The number of aromatic nitrogens is 1. The van der Waals surface area contributed by atoms with Crippen LogP contribution in [0.15, 0.2) is 41.0 Å². The highest BCUT2D eigenvalue weighted by Crippen LogP contribution is 2.20. The summed E-state index contributed by atoms with van der Waals surface area (Å²) in [6.07, 6.45) is 2.13. The Bertz CT molecular complexity index is 573. The van der Waals surface area contributed by atoms with Crippen LogP contribution in [0, 0.1) is 11.6 Å². The van der Waals surface area contributed by atoms with Gasteiger partial charge >= 0.3 is 0 Å². The summed E-state index contributed by atoms with van der Waals surface area (Å²) in [6.45, 7) is 2.72. The third kappa shape index (κ3) is 3.84. The van der Waals surface area contributed by atoms with Crippen LogP contribution in [-0.2, 0) is 6.42 Å². The lowest BCUT2D eigenvalue weighted by Gasteiger charge is -2.18. The molecule has 2 nitrogen and oxygen atoms in total. The number of halogens is 3. The predicted octanol–water partition coefficient (Wildman–Crippen LogP) is 4.02. The second kappa shape index (κ2) is 6.90. The smallest absolute Gasteiger partial charge is 0.129 e. The van der Waals surface area contributed by atoms with E-state index >= 15 is 0 Å². The molecule has 1 N–H and O–H groups in total. The van der Waals surface area contributed by atoms with Gasteiger partial charge in [0.25, 0.3) is 0 Å². The fourth-order valence-corrected chi connectivity index (χ4v) is 2.26. The molecule has 1 aromatic heterocycles. The molecule has 1 atom stereocenters. The van der Waals surface area contributed by atoms with E-state index in [0.717, 1.165) is 22.8 Å². The van der Waals surface area contributed by atoms with E-state index in [9.17, 15) is 8.78 Å². The molecule has 0 saturated carbocycles. The van der Waals surface area contributed by atoms with E-state index in [-0.39, 0.29) is 6.04 Å². The first-order chi connectivity index (χ1) is 9.60. The monoisotopic (exact) mass is 340 g/mol. The minimum atomic E-state index is -0.562. The molecule has 0 bridgehead atoms. The quantitative estimate of drug-likeness (QED) is 0.889. The number of nitrogens with one attached hydrogen (secondary N) is 1. The normalized spacial score (nSPS) is 12.4. The lowest BCUT2D eigenvalue weighted by molar-refractivity contribution is 0.512. The fourth-order valence-electron chi connectivity index (χ4n) is 2.03. The molecule has 0 aliphatic heterocycles. The van der Waals surface area contributed by atoms with Crippen LogP contribution in [0.2, 0.25) is 0 Å². The number of hydrogen-bond acceptors (Lipinski definition) is 2. The molecular formula is C15H15BrF2N2. The molecule has 0 radical (unpaired) electrons. The van der Waals surface area contributed by atoms with Gasteiger partial charge in [-0.3, -0.25) is 4.98 Å². The molecule has 1 aromatic carbocycles. The van der Waals surface area contributed by atoms with Gasteiger partial charge in [-0.05, 0) is 52.7 Å². The maximum atomic E-state index is 13.7. The average molecular weight is 341 g/mol. The number of rotatable bonds is 5.